The third kappa shape index (κ3) is 2.94. The lowest BCUT2D eigenvalue weighted by Crippen LogP contribution is -2.20. The number of H-pyrrole nitrogens is 1. The van der Waals surface area contributed by atoms with Gasteiger partial charge in [-0.15, -0.1) is 0 Å². The van der Waals surface area contributed by atoms with E-state index in [0.717, 1.165) is 27.7 Å². The number of nitrogens with two attached hydrogens (primary N) is 1. The largest absolute Gasteiger partial charge is 0.497 e. The van der Waals surface area contributed by atoms with E-state index in [0.29, 0.717) is 4.99 Å². The highest BCUT2D eigenvalue weighted by Gasteiger charge is 2.09. The summed E-state index contributed by atoms with van der Waals surface area (Å²) in [5.74, 6) is 1.85. The predicted molar refractivity (Wildman–Crippen MR) is 79.3 cm³/mol. The van der Waals surface area contributed by atoms with E-state index in [1.165, 1.54) is 0 Å². The number of aromatic nitrogens is 2. The van der Waals surface area contributed by atoms with Crippen LogP contribution in [-0.2, 0) is 0 Å². The quantitative estimate of drug-likeness (QED) is 0.651. The van der Waals surface area contributed by atoms with Gasteiger partial charge in [-0.05, 0) is 12.1 Å². The van der Waals surface area contributed by atoms with Gasteiger partial charge in [-0.3, -0.25) is 0 Å². The van der Waals surface area contributed by atoms with Gasteiger partial charge in [0.1, 0.15) is 5.75 Å². The second-order valence-electron chi connectivity index (χ2n) is 4.04. The summed E-state index contributed by atoms with van der Waals surface area (Å²) < 4.78 is 5.17. The SMILES string of the molecule is COc1ccc2nc(SCC(C)C(N)=S)[nH]c2c1. The number of hydrogen-bond acceptors (Lipinski definition) is 4. The van der Waals surface area contributed by atoms with Crippen LogP contribution in [-0.4, -0.2) is 27.8 Å². The van der Waals surface area contributed by atoms with Crippen LogP contribution in [0.1, 0.15) is 6.92 Å². The number of aromatic amines is 1. The van der Waals surface area contributed by atoms with Crippen LogP contribution in [0.2, 0.25) is 0 Å². The summed E-state index contributed by atoms with van der Waals surface area (Å²) in [6.07, 6.45) is 0. The molecule has 0 aliphatic rings. The first-order valence-corrected chi connectivity index (χ1v) is 6.95. The summed E-state index contributed by atoms with van der Waals surface area (Å²) in [5.41, 5.74) is 7.49. The van der Waals surface area contributed by atoms with Gasteiger partial charge in [-0.2, -0.15) is 0 Å². The smallest absolute Gasteiger partial charge is 0.166 e. The zero-order valence-electron chi connectivity index (χ0n) is 10.3. The molecule has 0 aliphatic heterocycles. The van der Waals surface area contributed by atoms with Crippen molar-refractivity contribution in [3.8, 4) is 5.75 Å². The fourth-order valence-electron chi connectivity index (χ4n) is 1.45. The summed E-state index contributed by atoms with van der Waals surface area (Å²) in [5, 5.41) is 0.876. The standard InChI is InChI=1S/C12H15N3OS2/c1-7(11(13)17)6-18-12-14-9-4-3-8(16-2)5-10(9)15-12/h3-5,7H,6H2,1-2H3,(H2,13,17)(H,14,15). The topological polar surface area (TPSA) is 63.9 Å². The molecule has 0 saturated carbocycles. The molecule has 0 bridgehead atoms. The highest BCUT2D eigenvalue weighted by atomic mass is 32.2. The van der Waals surface area contributed by atoms with Crippen LogP contribution in [0.4, 0.5) is 0 Å². The lowest BCUT2D eigenvalue weighted by Gasteiger charge is -2.06. The molecule has 1 heterocycles. The lowest BCUT2D eigenvalue weighted by molar-refractivity contribution is 0.415. The molecular weight excluding hydrogens is 266 g/mol. The van der Waals surface area contributed by atoms with Crippen LogP contribution < -0.4 is 10.5 Å². The number of benzene rings is 1. The molecule has 1 aromatic carbocycles. The maximum atomic E-state index is 5.58. The Morgan fingerprint density at radius 2 is 2.39 bits per heavy atom. The number of imidazole rings is 1. The van der Waals surface area contributed by atoms with Gasteiger partial charge >= 0.3 is 0 Å². The molecule has 2 rings (SSSR count). The van der Waals surface area contributed by atoms with E-state index in [4.69, 9.17) is 22.7 Å². The minimum Gasteiger partial charge on any atom is -0.497 e. The van der Waals surface area contributed by atoms with E-state index < -0.39 is 0 Å². The van der Waals surface area contributed by atoms with Crippen LogP contribution in [0.5, 0.6) is 5.75 Å². The first-order chi connectivity index (χ1) is 8.60. The average molecular weight is 281 g/mol. The summed E-state index contributed by atoms with van der Waals surface area (Å²) in [4.78, 5) is 8.28. The van der Waals surface area contributed by atoms with Crippen LogP contribution in [0.3, 0.4) is 0 Å². The normalized spacial score (nSPS) is 12.6. The van der Waals surface area contributed by atoms with Crippen molar-refractivity contribution in [2.45, 2.75) is 12.1 Å². The summed E-state index contributed by atoms with van der Waals surface area (Å²) >= 11 is 6.57. The van der Waals surface area contributed by atoms with Gasteiger partial charge < -0.3 is 15.5 Å². The Hall–Kier alpha value is -1.27. The van der Waals surface area contributed by atoms with Gasteiger partial charge in [-0.1, -0.05) is 30.9 Å². The number of nitrogens with one attached hydrogen (secondary N) is 1. The molecule has 96 valence electrons. The van der Waals surface area contributed by atoms with Crippen LogP contribution in [0.15, 0.2) is 23.4 Å². The minimum atomic E-state index is 0.202. The van der Waals surface area contributed by atoms with Crippen molar-refractivity contribution in [2.75, 3.05) is 12.9 Å². The highest BCUT2D eigenvalue weighted by Crippen LogP contribution is 2.24. The Morgan fingerprint density at radius 3 is 3.06 bits per heavy atom. The number of thiocarbonyl (C=S) groups is 1. The van der Waals surface area contributed by atoms with Crippen molar-refractivity contribution in [1.29, 1.82) is 0 Å². The monoisotopic (exact) mass is 281 g/mol. The van der Waals surface area contributed by atoms with Crippen molar-refractivity contribution in [3.05, 3.63) is 18.2 Å². The molecule has 1 atom stereocenters. The van der Waals surface area contributed by atoms with E-state index in [9.17, 15) is 0 Å². The molecule has 1 aromatic heterocycles. The van der Waals surface area contributed by atoms with Crippen molar-refractivity contribution in [1.82, 2.24) is 9.97 Å². The van der Waals surface area contributed by atoms with Crippen molar-refractivity contribution < 1.29 is 4.74 Å². The van der Waals surface area contributed by atoms with E-state index >= 15 is 0 Å². The number of nitrogens with zero attached hydrogens (tertiary/aromatic N) is 1. The van der Waals surface area contributed by atoms with Crippen molar-refractivity contribution in [3.63, 3.8) is 0 Å². The van der Waals surface area contributed by atoms with Gasteiger partial charge in [0.25, 0.3) is 0 Å². The van der Waals surface area contributed by atoms with Crippen LogP contribution >= 0.6 is 24.0 Å². The van der Waals surface area contributed by atoms with Crippen LogP contribution in [0, 0.1) is 5.92 Å². The molecular formula is C12H15N3OS2. The molecule has 4 nitrogen and oxygen atoms in total. The Balaban J connectivity index is 2.12. The fourth-order valence-corrected chi connectivity index (χ4v) is 2.57. The van der Waals surface area contributed by atoms with Crippen molar-refractivity contribution in [2.24, 2.45) is 11.7 Å². The maximum Gasteiger partial charge on any atom is 0.166 e. The van der Waals surface area contributed by atoms with Gasteiger partial charge in [0.05, 0.1) is 23.1 Å². The zero-order chi connectivity index (χ0) is 13.1. The fraction of sp³-hybridized carbons (Fsp3) is 0.333. The molecule has 3 N–H and O–H groups in total. The number of methoxy groups -OCH3 is 1. The summed E-state index contributed by atoms with van der Waals surface area (Å²) in [6, 6.07) is 5.77. The molecule has 0 radical (unpaired) electrons. The maximum absolute atomic E-state index is 5.58. The summed E-state index contributed by atoms with van der Waals surface area (Å²) in [6.45, 7) is 2.01. The third-order valence-corrected chi connectivity index (χ3v) is 4.16. The Bertz CT molecular complexity index is 567. The predicted octanol–water partition coefficient (Wildman–Crippen LogP) is 2.59. The second-order valence-corrected chi connectivity index (χ2v) is 5.52. The van der Waals surface area contributed by atoms with Gasteiger partial charge in [0, 0.05) is 17.7 Å². The number of thioether (sulfide) groups is 1. The molecule has 2 aromatic rings. The van der Waals surface area contributed by atoms with E-state index in [1.54, 1.807) is 18.9 Å². The average Bonchev–Trinajstić information content (AvgIpc) is 2.77. The van der Waals surface area contributed by atoms with Gasteiger partial charge in [-0.25, -0.2) is 4.98 Å². The molecule has 6 heteroatoms. The molecule has 1 unspecified atom stereocenters. The number of ether oxygens (including phenoxy) is 1. The molecule has 0 aliphatic carbocycles. The van der Waals surface area contributed by atoms with E-state index in [1.807, 2.05) is 25.1 Å². The molecule has 0 amide bonds. The zero-order valence-corrected chi connectivity index (χ0v) is 11.9. The lowest BCUT2D eigenvalue weighted by atomic mass is 10.2. The van der Waals surface area contributed by atoms with Gasteiger partial charge in [0.15, 0.2) is 5.16 Å². The van der Waals surface area contributed by atoms with E-state index in [2.05, 4.69) is 9.97 Å². The summed E-state index contributed by atoms with van der Waals surface area (Å²) in [7, 11) is 1.65. The highest BCUT2D eigenvalue weighted by molar-refractivity contribution is 7.99. The van der Waals surface area contributed by atoms with Crippen molar-refractivity contribution >= 4 is 40.0 Å². The molecule has 0 spiro atoms. The number of rotatable bonds is 5. The Labute approximate surface area is 115 Å². The Morgan fingerprint density at radius 1 is 1.61 bits per heavy atom. The number of hydrogen-bond donors (Lipinski definition) is 2. The molecule has 0 fully saturated rings. The van der Waals surface area contributed by atoms with Gasteiger partial charge in [0.2, 0.25) is 0 Å². The minimum absolute atomic E-state index is 0.202. The molecule has 0 saturated heterocycles. The Kier molecular flexibility index (Phi) is 4.08. The van der Waals surface area contributed by atoms with Crippen LogP contribution in [0.25, 0.3) is 11.0 Å². The molecule has 18 heavy (non-hydrogen) atoms. The third-order valence-electron chi connectivity index (χ3n) is 2.62. The first kappa shape index (κ1) is 13.2. The second kappa shape index (κ2) is 5.58. The first-order valence-electron chi connectivity index (χ1n) is 5.56. The van der Waals surface area contributed by atoms with E-state index in [-0.39, 0.29) is 5.92 Å². The number of fused-ring (bicyclic) bond motifs is 1.